The second-order valence-corrected chi connectivity index (χ2v) is 8.29. The minimum Gasteiger partial charge on any atom is -0.340 e. The van der Waals surface area contributed by atoms with Gasteiger partial charge < -0.3 is 15.1 Å². The lowest BCUT2D eigenvalue weighted by Gasteiger charge is -2.20. The number of pyridine rings is 1. The van der Waals surface area contributed by atoms with Crippen molar-refractivity contribution in [3.8, 4) is 0 Å². The van der Waals surface area contributed by atoms with E-state index in [1.54, 1.807) is 11.1 Å². The number of urea groups is 1. The number of hydrogen-bond acceptors (Lipinski definition) is 3. The van der Waals surface area contributed by atoms with Crippen molar-refractivity contribution in [3.05, 3.63) is 59.9 Å². The molecular formula is C23H28N4O2. The summed E-state index contributed by atoms with van der Waals surface area (Å²) in [7, 11) is 1.84. The first-order chi connectivity index (χ1) is 14.0. The summed E-state index contributed by atoms with van der Waals surface area (Å²) in [5, 5.41) is 2.98. The summed E-state index contributed by atoms with van der Waals surface area (Å²) in [6.45, 7) is 3.98. The lowest BCUT2D eigenvalue weighted by Crippen LogP contribution is -2.34. The number of anilines is 1. The van der Waals surface area contributed by atoms with E-state index in [9.17, 15) is 9.59 Å². The number of likely N-dealkylation sites (tertiary alicyclic amines) is 1. The molecular weight excluding hydrogens is 364 g/mol. The molecule has 6 heteroatoms. The number of carbonyl (C=O) groups excluding carboxylic acids is 2. The van der Waals surface area contributed by atoms with Crippen LogP contribution in [0.3, 0.4) is 0 Å². The highest BCUT2D eigenvalue weighted by Gasteiger charge is 2.61. The van der Waals surface area contributed by atoms with Gasteiger partial charge in [-0.05, 0) is 49.1 Å². The summed E-state index contributed by atoms with van der Waals surface area (Å²) in [6.07, 6.45) is 4.49. The van der Waals surface area contributed by atoms with Gasteiger partial charge in [0, 0.05) is 43.4 Å². The number of aromatic nitrogens is 1. The summed E-state index contributed by atoms with van der Waals surface area (Å²) in [4.78, 5) is 33.4. The molecule has 1 saturated carbocycles. The summed E-state index contributed by atoms with van der Waals surface area (Å²) < 4.78 is 0. The SMILES string of the molecule is CCc1ccc(NC(=O)N2CCC3(CC3C(=O)N(C)Cc3ccccn3)C2)cc1. The number of hydrogen-bond donors (Lipinski definition) is 1. The van der Waals surface area contributed by atoms with E-state index in [-0.39, 0.29) is 23.3 Å². The normalized spacial score (nSPS) is 22.6. The number of nitrogens with zero attached hydrogens (tertiary/aromatic N) is 3. The van der Waals surface area contributed by atoms with Gasteiger partial charge in [-0.1, -0.05) is 25.1 Å². The third kappa shape index (κ3) is 4.11. The first-order valence-electron chi connectivity index (χ1n) is 10.3. The fourth-order valence-corrected chi connectivity index (χ4v) is 4.32. The maximum Gasteiger partial charge on any atom is 0.321 e. The number of rotatable bonds is 5. The van der Waals surface area contributed by atoms with Crippen LogP contribution in [0.15, 0.2) is 48.7 Å². The molecule has 1 aliphatic carbocycles. The zero-order valence-electron chi connectivity index (χ0n) is 17.1. The number of carbonyl (C=O) groups is 2. The quantitative estimate of drug-likeness (QED) is 0.846. The Kier molecular flexibility index (Phi) is 5.26. The van der Waals surface area contributed by atoms with E-state index in [0.717, 1.165) is 30.6 Å². The molecule has 6 nitrogen and oxygen atoms in total. The van der Waals surface area contributed by atoms with Crippen molar-refractivity contribution >= 4 is 17.6 Å². The third-order valence-electron chi connectivity index (χ3n) is 6.28. The van der Waals surface area contributed by atoms with Gasteiger partial charge in [-0.25, -0.2) is 4.79 Å². The van der Waals surface area contributed by atoms with Gasteiger partial charge in [-0.2, -0.15) is 0 Å². The van der Waals surface area contributed by atoms with Crippen molar-refractivity contribution < 1.29 is 9.59 Å². The monoisotopic (exact) mass is 392 g/mol. The van der Waals surface area contributed by atoms with Crippen molar-refractivity contribution in [2.24, 2.45) is 11.3 Å². The molecule has 2 heterocycles. The number of benzene rings is 1. The molecule has 4 rings (SSSR count). The van der Waals surface area contributed by atoms with Gasteiger partial charge in [0.2, 0.25) is 5.91 Å². The van der Waals surface area contributed by atoms with Crippen LogP contribution in [0.5, 0.6) is 0 Å². The molecule has 1 N–H and O–H groups in total. The standard InChI is InChI=1S/C23H28N4O2/c1-3-17-7-9-18(10-8-17)25-22(29)27-13-11-23(16-27)14-20(23)21(28)26(2)15-19-6-4-5-12-24-19/h4-10,12,20H,3,11,13-16H2,1-2H3,(H,25,29). The Balaban J connectivity index is 1.31. The van der Waals surface area contributed by atoms with Crippen LogP contribution in [-0.4, -0.2) is 46.9 Å². The predicted octanol–water partition coefficient (Wildman–Crippen LogP) is 3.55. The highest BCUT2D eigenvalue weighted by Crippen LogP contribution is 2.59. The lowest BCUT2D eigenvalue weighted by atomic mass is 10.0. The van der Waals surface area contributed by atoms with Gasteiger partial charge >= 0.3 is 6.03 Å². The predicted molar refractivity (Wildman–Crippen MR) is 112 cm³/mol. The zero-order chi connectivity index (χ0) is 20.4. The van der Waals surface area contributed by atoms with Gasteiger partial charge in [-0.3, -0.25) is 9.78 Å². The van der Waals surface area contributed by atoms with Crippen LogP contribution in [0.2, 0.25) is 0 Å². The molecule has 2 aromatic rings. The van der Waals surface area contributed by atoms with E-state index in [0.29, 0.717) is 19.6 Å². The van der Waals surface area contributed by atoms with Crippen molar-refractivity contribution in [2.75, 3.05) is 25.5 Å². The van der Waals surface area contributed by atoms with E-state index >= 15 is 0 Å². The molecule has 1 aromatic carbocycles. The van der Waals surface area contributed by atoms with E-state index in [4.69, 9.17) is 0 Å². The molecule has 2 aliphatic rings. The zero-order valence-corrected chi connectivity index (χ0v) is 17.1. The third-order valence-corrected chi connectivity index (χ3v) is 6.28. The Bertz CT molecular complexity index is 884. The molecule has 2 atom stereocenters. The smallest absolute Gasteiger partial charge is 0.321 e. The summed E-state index contributed by atoms with van der Waals surface area (Å²) in [6, 6.07) is 13.6. The Morgan fingerprint density at radius 2 is 2.03 bits per heavy atom. The average Bonchev–Trinajstić information content (AvgIpc) is 3.27. The molecule has 3 amide bonds. The highest BCUT2D eigenvalue weighted by molar-refractivity contribution is 5.90. The Hall–Kier alpha value is -2.89. The van der Waals surface area contributed by atoms with Crippen LogP contribution in [0.25, 0.3) is 0 Å². The van der Waals surface area contributed by atoms with Gasteiger partial charge in [-0.15, -0.1) is 0 Å². The molecule has 1 spiro atoms. The Morgan fingerprint density at radius 1 is 1.24 bits per heavy atom. The summed E-state index contributed by atoms with van der Waals surface area (Å²) in [5.74, 6) is 0.172. The highest BCUT2D eigenvalue weighted by atomic mass is 16.2. The number of nitrogens with one attached hydrogen (secondary N) is 1. The molecule has 0 bridgehead atoms. The van der Waals surface area contributed by atoms with E-state index in [1.165, 1.54) is 5.56 Å². The number of amides is 3. The van der Waals surface area contributed by atoms with Gasteiger partial charge in [0.15, 0.2) is 0 Å². The molecule has 152 valence electrons. The van der Waals surface area contributed by atoms with Crippen LogP contribution in [0.1, 0.15) is 31.0 Å². The fraction of sp³-hybridized carbons (Fsp3) is 0.435. The van der Waals surface area contributed by atoms with Crippen molar-refractivity contribution in [1.82, 2.24) is 14.8 Å². The van der Waals surface area contributed by atoms with Crippen LogP contribution in [0, 0.1) is 11.3 Å². The first kappa shape index (κ1) is 19.4. The minimum absolute atomic E-state index is 0.0119. The minimum atomic E-state index is -0.0777. The Morgan fingerprint density at radius 3 is 2.72 bits per heavy atom. The first-order valence-corrected chi connectivity index (χ1v) is 10.3. The molecule has 29 heavy (non-hydrogen) atoms. The van der Waals surface area contributed by atoms with Crippen molar-refractivity contribution in [2.45, 2.75) is 32.7 Å². The fourth-order valence-electron chi connectivity index (χ4n) is 4.32. The van der Waals surface area contributed by atoms with Crippen LogP contribution >= 0.6 is 0 Å². The van der Waals surface area contributed by atoms with Gasteiger partial charge in [0.1, 0.15) is 0 Å². The lowest BCUT2D eigenvalue weighted by molar-refractivity contribution is -0.132. The molecule has 2 fully saturated rings. The van der Waals surface area contributed by atoms with Crippen LogP contribution in [-0.2, 0) is 17.8 Å². The summed E-state index contributed by atoms with van der Waals surface area (Å²) in [5.41, 5.74) is 2.90. The van der Waals surface area contributed by atoms with Crippen LogP contribution in [0.4, 0.5) is 10.5 Å². The van der Waals surface area contributed by atoms with E-state index in [2.05, 4.69) is 17.2 Å². The maximum atomic E-state index is 12.9. The molecule has 1 aliphatic heterocycles. The molecule has 0 radical (unpaired) electrons. The van der Waals surface area contributed by atoms with Crippen molar-refractivity contribution in [1.29, 1.82) is 0 Å². The molecule has 2 unspecified atom stereocenters. The van der Waals surface area contributed by atoms with Crippen molar-refractivity contribution in [3.63, 3.8) is 0 Å². The van der Waals surface area contributed by atoms with Gasteiger partial charge in [0.05, 0.1) is 12.2 Å². The average molecular weight is 393 g/mol. The largest absolute Gasteiger partial charge is 0.340 e. The number of aryl methyl sites for hydroxylation is 1. The second-order valence-electron chi connectivity index (χ2n) is 8.29. The molecule has 1 saturated heterocycles. The van der Waals surface area contributed by atoms with Gasteiger partial charge in [0.25, 0.3) is 0 Å². The topological polar surface area (TPSA) is 65.5 Å². The van der Waals surface area contributed by atoms with E-state index in [1.807, 2.05) is 54.4 Å². The Labute approximate surface area is 171 Å². The second kappa shape index (κ2) is 7.85. The molecule has 1 aromatic heterocycles. The van der Waals surface area contributed by atoms with Crippen LogP contribution < -0.4 is 5.32 Å². The van der Waals surface area contributed by atoms with E-state index < -0.39 is 0 Å². The maximum absolute atomic E-state index is 12.9. The summed E-state index contributed by atoms with van der Waals surface area (Å²) >= 11 is 0.